The Labute approximate surface area is 147 Å². The molecule has 0 aliphatic carbocycles. The number of carbonyl (C=O) groups is 1. The maximum Gasteiger partial charge on any atom is 0.343 e. The quantitative estimate of drug-likeness (QED) is 0.731. The molecular formula is C18H14ClNO3S. The van der Waals surface area contributed by atoms with Crippen molar-refractivity contribution in [2.45, 2.75) is 0 Å². The minimum atomic E-state index is -0.633. The van der Waals surface area contributed by atoms with Gasteiger partial charge < -0.3 is 14.4 Å². The molecule has 0 spiro atoms. The van der Waals surface area contributed by atoms with Crippen LogP contribution in [0, 0.1) is 0 Å². The monoisotopic (exact) mass is 359 g/mol. The molecule has 0 unspecified atom stereocenters. The molecule has 0 fully saturated rings. The number of hydrogen-bond acceptors (Lipinski definition) is 4. The molecule has 2 heterocycles. The van der Waals surface area contributed by atoms with Crippen molar-refractivity contribution in [3.05, 3.63) is 67.9 Å². The van der Waals surface area contributed by atoms with Gasteiger partial charge in [-0.1, -0.05) is 24.2 Å². The summed E-state index contributed by atoms with van der Waals surface area (Å²) in [7, 11) is 1.27. The maximum atomic E-state index is 12.0. The number of aromatic hydroxyl groups is 1. The van der Waals surface area contributed by atoms with Crippen LogP contribution in [0.3, 0.4) is 0 Å². The van der Waals surface area contributed by atoms with E-state index in [1.54, 1.807) is 34.9 Å². The van der Waals surface area contributed by atoms with Gasteiger partial charge in [-0.3, -0.25) is 0 Å². The van der Waals surface area contributed by atoms with Crippen molar-refractivity contribution in [3.8, 4) is 11.4 Å². The molecule has 0 amide bonds. The predicted molar refractivity (Wildman–Crippen MR) is 96.4 cm³/mol. The molecule has 0 radical (unpaired) electrons. The predicted octanol–water partition coefficient (Wildman–Crippen LogP) is 2.92. The van der Waals surface area contributed by atoms with E-state index in [1.165, 1.54) is 18.4 Å². The number of esters is 1. The van der Waals surface area contributed by atoms with Crippen LogP contribution in [0.4, 0.5) is 0 Å². The standard InChI is InChI=1S/C18H14ClNO3S/c1-11-16(18(22)23-2)17(21)15(10-14-4-3-9-24-14)20(11)13-7-5-12(19)6-8-13/h3-10,21H,1H2,2H3. The molecule has 0 aliphatic heterocycles. The van der Waals surface area contributed by atoms with Crippen LogP contribution in [0.25, 0.3) is 18.3 Å². The molecule has 0 saturated heterocycles. The number of benzene rings is 1. The number of halogens is 1. The minimum Gasteiger partial charge on any atom is -0.505 e. The van der Waals surface area contributed by atoms with E-state index >= 15 is 0 Å². The molecule has 1 aromatic carbocycles. The third-order valence-corrected chi connectivity index (χ3v) is 4.65. The molecule has 1 N–H and O–H groups in total. The Morgan fingerprint density at radius 3 is 2.62 bits per heavy atom. The highest BCUT2D eigenvalue weighted by Gasteiger charge is 2.20. The van der Waals surface area contributed by atoms with E-state index < -0.39 is 5.97 Å². The summed E-state index contributed by atoms with van der Waals surface area (Å²) in [5.74, 6) is -0.791. The van der Waals surface area contributed by atoms with E-state index in [9.17, 15) is 9.90 Å². The van der Waals surface area contributed by atoms with Crippen molar-refractivity contribution in [3.63, 3.8) is 0 Å². The summed E-state index contributed by atoms with van der Waals surface area (Å²) in [6.07, 6.45) is 1.80. The summed E-state index contributed by atoms with van der Waals surface area (Å²) in [5.41, 5.74) is 0.785. The number of ether oxygens (including phenoxy) is 1. The van der Waals surface area contributed by atoms with Crippen LogP contribution in [0.1, 0.15) is 15.2 Å². The summed E-state index contributed by atoms with van der Waals surface area (Å²) in [4.78, 5) is 13.0. The second kappa shape index (κ2) is 6.55. The first kappa shape index (κ1) is 16.4. The van der Waals surface area contributed by atoms with Gasteiger partial charge in [0, 0.05) is 15.6 Å². The highest BCUT2D eigenvalue weighted by atomic mass is 35.5. The van der Waals surface area contributed by atoms with Gasteiger partial charge in [-0.15, -0.1) is 11.3 Å². The Kier molecular flexibility index (Phi) is 4.46. The Morgan fingerprint density at radius 1 is 1.33 bits per heavy atom. The molecular weight excluding hydrogens is 346 g/mol. The average molecular weight is 360 g/mol. The number of methoxy groups -OCH3 is 1. The van der Waals surface area contributed by atoms with Crippen molar-refractivity contribution in [1.29, 1.82) is 0 Å². The summed E-state index contributed by atoms with van der Waals surface area (Å²) >= 11 is 7.47. The lowest BCUT2D eigenvalue weighted by molar-refractivity contribution is 0.0596. The van der Waals surface area contributed by atoms with Gasteiger partial charge in [0.25, 0.3) is 0 Å². The summed E-state index contributed by atoms with van der Waals surface area (Å²) in [5, 5.41) is 13.9. The number of nitrogens with zero attached hydrogens (tertiary/aromatic N) is 1. The average Bonchev–Trinajstić information content (AvgIpc) is 3.16. The molecule has 0 aliphatic rings. The van der Waals surface area contributed by atoms with Crippen LogP contribution >= 0.6 is 22.9 Å². The Hall–Kier alpha value is -2.50. The first-order valence-electron chi connectivity index (χ1n) is 7.05. The Balaban J connectivity index is 2.36. The van der Waals surface area contributed by atoms with Crippen LogP contribution in [0.15, 0.2) is 41.8 Å². The molecule has 0 atom stereocenters. The topological polar surface area (TPSA) is 51.5 Å². The van der Waals surface area contributed by atoms with Crippen molar-refractivity contribution < 1.29 is 14.6 Å². The lowest BCUT2D eigenvalue weighted by Gasteiger charge is -2.05. The smallest absolute Gasteiger partial charge is 0.343 e. The molecule has 0 bridgehead atoms. The number of rotatable bonds is 3. The third kappa shape index (κ3) is 2.84. The zero-order valence-corrected chi connectivity index (χ0v) is 14.4. The fourth-order valence-corrected chi connectivity index (χ4v) is 3.25. The zero-order chi connectivity index (χ0) is 17.3. The first-order valence-corrected chi connectivity index (χ1v) is 8.30. The van der Waals surface area contributed by atoms with Crippen molar-refractivity contribution in [2.24, 2.45) is 0 Å². The van der Waals surface area contributed by atoms with E-state index in [1.807, 2.05) is 17.5 Å². The van der Waals surface area contributed by atoms with Gasteiger partial charge in [-0.25, -0.2) is 4.79 Å². The van der Waals surface area contributed by atoms with E-state index in [-0.39, 0.29) is 11.3 Å². The van der Waals surface area contributed by atoms with Crippen LogP contribution in [0.2, 0.25) is 5.02 Å². The molecule has 4 nitrogen and oxygen atoms in total. The normalized spacial score (nSPS) is 11.7. The highest BCUT2D eigenvalue weighted by Crippen LogP contribution is 2.17. The van der Waals surface area contributed by atoms with Gasteiger partial charge in [0.15, 0.2) is 5.75 Å². The Morgan fingerprint density at radius 2 is 2.04 bits per heavy atom. The van der Waals surface area contributed by atoms with Gasteiger partial charge in [-0.2, -0.15) is 0 Å². The molecule has 3 aromatic rings. The SMILES string of the molecule is C=c1c(C(=O)OC)c(O)c(=Cc2cccs2)n1-c1ccc(Cl)cc1. The van der Waals surface area contributed by atoms with E-state index in [2.05, 4.69) is 6.58 Å². The Bertz CT molecular complexity index is 989. The van der Waals surface area contributed by atoms with E-state index in [4.69, 9.17) is 16.3 Å². The molecule has 24 heavy (non-hydrogen) atoms. The largest absolute Gasteiger partial charge is 0.505 e. The van der Waals surface area contributed by atoms with Crippen LogP contribution in [-0.4, -0.2) is 22.8 Å². The second-order valence-corrected chi connectivity index (χ2v) is 6.43. The fraction of sp³-hybridized carbons (Fsp3) is 0.0556. The van der Waals surface area contributed by atoms with Gasteiger partial charge in [0.2, 0.25) is 0 Å². The van der Waals surface area contributed by atoms with Crippen molar-refractivity contribution in [1.82, 2.24) is 4.57 Å². The van der Waals surface area contributed by atoms with Crippen LogP contribution in [-0.2, 0) is 4.74 Å². The summed E-state index contributed by atoms with van der Waals surface area (Å²) in [6.45, 7) is 3.95. The number of carbonyl (C=O) groups excluding carboxylic acids is 1. The number of thiophene rings is 1. The minimum absolute atomic E-state index is 0.0512. The van der Waals surface area contributed by atoms with E-state index in [0.717, 1.165) is 10.6 Å². The van der Waals surface area contributed by atoms with Crippen molar-refractivity contribution in [2.75, 3.05) is 7.11 Å². The number of aromatic nitrogens is 1. The zero-order valence-electron chi connectivity index (χ0n) is 12.8. The van der Waals surface area contributed by atoms with Gasteiger partial charge in [-0.05, 0) is 41.8 Å². The van der Waals surface area contributed by atoms with Crippen LogP contribution < -0.4 is 10.7 Å². The van der Waals surface area contributed by atoms with Gasteiger partial charge in [0.1, 0.15) is 5.56 Å². The lowest BCUT2D eigenvalue weighted by Crippen LogP contribution is -2.26. The molecule has 122 valence electrons. The lowest BCUT2D eigenvalue weighted by atomic mass is 10.2. The molecule has 0 saturated carbocycles. The number of hydrogen-bond donors (Lipinski definition) is 1. The summed E-state index contributed by atoms with van der Waals surface area (Å²) < 4.78 is 6.48. The van der Waals surface area contributed by atoms with Crippen molar-refractivity contribution >= 4 is 41.6 Å². The third-order valence-electron chi connectivity index (χ3n) is 3.58. The highest BCUT2D eigenvalue weighted by molar-refractivity contribution is 7.10. The summed E-state index contributed by atoms with van der Waals surface area (Å²) in [6, 6.07) is 10.9. The first-order chi connectivity index (χ1) is 11.5. The fourth-order valence-electron chi connectivity index (χ4n) is 2.47. The molecule has 3 rings (SSSR count). The molecule has 6 heteroatoms. The molecule has 2 aromatic heterocycles. The van der Waals surface area contributed by atoms with Gasteiger partial charge >= 0.3 is 5.97 Å². The maximum absolute atomic E-state index is 12.0. The second-order valence-electron chi connectivity index (χ2n) is 5.02. The van der Waals surface area contributed by atoms with Gasteiger partial charge in [0.05, 0.1) is 17.8 Å². The van der Waals surface area contributed by atoms with E-state index in [0.29, 0.717) is 15.7 Å². The van der Waals surface area contributed by atoms with Crippen LogP contribution in [0.5, 0.6) is 5.75 Å².